The maximum Gasteiger partial charge on any atom is 0.172 e. The SMILES string of the molecule is CCOc1cc([C@H](N)C2CCC2)cc(Br)c1O. The summed E-state index contributed by atoms with van der Waals surface area (Å²) in [6, 6.07) is 3.79. The molecule has 1 aromatic rings. The Balaban J connectivity index is 2.27. The highest BCUT2D eigenvalue weighted by Gasteiger charge is 2.26. The summed E-state index contributed by atoms with van der Waals surface area (Å²) in [5, 5.41) is 9.83. The molecule has 0 aliphatic heterocycles. The first-order chi connectivity index (χ1) is 8.13. The molecule has 0 bridgehead atoms. The van der Waals surface area contributed by atoms with Crippen molar-refractivity contribution in [1.29, 1.82) is 0 Å². The van der Waals surface area contributed by atoms with Crippen LogP contribution in [0.1, 0.15) is 37.8 Å². The fourth-order valence-corrected chi connectivity index (χ4v) is 2.58. The fraction of sp³-hybridized carbons (Fsp3) is 0.538. The smallest absolute Gasteiger partial charge is 0.172 e. The third-order valence-corrected chi connectivity index (χ3v) is 4.00. The lowest BCUT2D eigenvalue weighted by Gasteiger charge is -2.31. The highest BCUT2D eigenvalue weighted by Crippen LogP contribution is 2.41. The highest BCUT2D eigenvalue weighted by molar-refractivity contribution is 9.10. The molecule has 94 valence electrons. The maximum absolute atomic E-state index is 9.83. The van der Waals surface area contributed by atoms with Gasteiger partial charge in [-0.05, 0) is 59.3 Å². The van der Waals surface area contributed by atoms with Crippen LogP contribution in [0.25, 0.3) is 0 Å². The minimum Gasteiger partial charge on any atom is -0.503 e. The van der Waals surface area contributed by atoms with Crippen LogP contribution < -0.4 is 10.5 Å². The number of rotatable bonds is 4. The highest BCUT2D eigenvalue weighted by atomic mass is 79.9. The number of phenols is 1. The Morgan fingerprint density at radius 2 is 2.24 bits per heavy atom. The van der Waals surface area contributed by atoms with Crippen molar-refractivity contribution in [1.82, 2.24) is 0 Å². The van der Waals surface area contributed by atoms with Crippen molar-refractivity contribution in [3.05, 3.63) is 22.2 Å². The van der Waals surface area contributed by atoms with Gasteiger partial charge in [0, 0.05) is 6.04 Å². The van der Waals surface area contributed by atoms with Gasteiger partial charge in [-0.2, -0.15) is 0 Å². The Labute approximate surface area is 110 Å². The van der Waals surface area contributed by atoms with E-state index in [1.54, 1.807) is 0 Å². The van der Waals surface area contributed by atoms with E-state index in [2.05, 4.69) is 15.9 Å². The van der Waals surface area contributed by atoms with Crippen molar-refractivity contribution < 1.29 is 9.84 Å². The van der Waals surface area contributed by atoms with E-state index in [9.17, 15) is 5.11 Å². The van der Waals surface area contributed by atoms with Crippen molar-refractivity contribution in [2.45, 2.75) is 32.2 Å². The third-order valence-electron chi connectivity index (χ3n) is 3.39. The van der Waals surface area contributed by atoms with Crippen molar-refractivity contribution in [2.75, 3.05) is 6.61 Å². The van der Waals surface area contributed by atoms with Crippen LogP contribution in [0.15, 0.2) is 16.6 Å². The normalized spacial score (nSPS) is 17.6. The Hall–Kier alpha value is -0.740. The molecule has 0 spiro atoms. The minimum atomic E-state index is 0.0415. The van der Waals surface area contributed by atoms with Gasteiger partial charge in [0.1, 0.15) is 0 Å². The molecule has 1 aliphatic rings. The van der Waals surface area contributed by atoms with Crippen molar-refractivity contribution in [3.63, 3.8) is 0 Å². The predicted octanol–water partition coefficient (Wildman–Crippen LogP) is 3.35. The average molecular weight is 300 g/mol. The van der Waals surface area contributed by atoms with Crippen LogP contribution in [0.2, 0.25) is 0 Å². The molecule has 1 fully saturated rings. The van der Waals surface area contributed by atoms with Gasteiger partial charge in [-0.15, -0.1) is 0 Å². The van der Waals surface area contributed by atoms with E-state index >= 15 is 0 Å². The lowest BCUT2D eigenvalue weighted by atomic mass is 9.77. The van der Waals surface area contributed by atoms with E-state index in [1.807, 2.05) is 19.1 Å². The van der Waals surface area contributed by atoms with E-state index in [0.29, 0.717) is 22.7 Å². The van der Waals surface area contributed by atoms with Crippen LogP contribution in [0.5, 0.6) is 11.5 Å². The van der Waals surface area contributed by atoms with Crippen LogP contribution in [0, 0.1) is 5.92 Å². The number of phenolic OH excluding ortho intramolecular Hbond substituents is 1. The Morgan fingerprint density at radius 1 is 1.53 bits per heavy atom. The van der Waals surface area contributed by atoms with Gasteiger partial charge >= 0.3 is 0 Å². The molecule has 0 radical (unpaired) electrons. The third kappa shape index (κ3) is 2.58. The second-order valence-corrected chi connectivity index (χ2v) is 5.35. The maximum atomic E-state index is 9.83. The molecule has 1 atom stereocenters. The molecule has 0 aromatic heterocycles. The van der Waals surface area contributed by atoms with E-state index < -0.39 is 0 Å². The van der Waals surface area contributed by atoms with Crippen molar-refractivity contribution in [3.8, 4) is 11.5 Å². The molecule has 3 N–H and O–H groups in total. The number of hydrogen-bond acceptors (Lipinski definition) is 3. The Bertz CT molecular complexity index is 405. The molecule has 1 saturated carbocycles. The minimum absolute atomic E-state index is 0.0415. The van der Waals surface area contributed by atoms with Crippen LogP contribution in [0.4, 0.5) is 0 Å². The molecule has 4 heteroatoms. The van der Waals surface area contributed by atoms with Crippen LogP contribution >= 0.6 is 15.9 Å². The zero-order valence-corrected chi connectivity index (χ0v) is 11.5. The Kier molecular flexibility index (Phi) is 3.94. The van der Waals surface area contributed by atoms with E-state index in [4.69, 9.17) is 10.5 Å². The topological polar surface area (TPSA) is 55.5 Å². The number of benzene rings is 1. The molecule has 1 aromatic carbocycles. The molecule has 17 heavy (non-hydrogen) atoms. The van der Waals surface area contributed by atoms with Crippen molar-refractivity contribution in [2.24, 2.45) is 11.7 Å². The van der Waals surface area contributed by atoms with E-state index in [0.717, 1.165) is 5.56 Å². The fourth-order valence-electron chi connectivity index (χ4n) is 2.12. The first-order valence-electron chi connectivity index (χ1n) is 6.04. The molecule has 0 unspecified atom stereocenters. The van der Waals surface area contributed by atoms with Crippen LogP contribution in [-0.4, -0.2) is 11.7 Å². The van der Waals surface area contributed by atoms with Crippen LogP contribution in [-0.2, 0) is 0 Å². The van der Waals surface area contributed by atoms with Crippen molar-refractivity contribution >= 4 is 15.9 Å². The van der Waals surface area contributed by atoms with Crippen LogP contribution in [0.3, 0.4) is 0 Å². The quantitative estimate of drug-likeness (QED) is 0.896. The van der Waals surface area contributed by atoms with Gasteiger partial charge in [0.2, 0.25) is 0 Å². The lowest BCUT2D eigenvalue weighted by molar-refractivity contribution is 0.263. The standard InChI is InChI=1S/C13H18BrNO2/c1-2-17-11-7-9(6-10(14)13(11)16)12(15)8-4-3-5-8/h6-8,12,16H,2-5,15H2,1H3/t12-/m1/s1. The lowest BCUT2D eigenvalue weighted by Crippen LogP contribution is -2.26. The van der Waals surface area contributed by atoms with Gasteiger partial charge in [0.15, 0.2) is 11.5 Å². The van der Waals surface area contributed by atoms with Gasteiger partial charge in [-0.1, -0.05) is 6.42 Å². The van der Waals surface area contributed by atoms with Gasteiger partial charge in [-0.3, -0.25) is 0 Å². The summed E-state index contributed by atoms with van der Waals surface area (Å²) in [7, 11) is 0. The van der Waals surface area contributed by atoms with E-state index in [-0.39, 0.29) is 11.8 Å². The number of hydrogen-bond donors (Lipinski definition) is 2. The molecular weight excluding hydrogens is 282 g/mol. The molecule has 0 amide bonds. The molecule has 1 aliphatic carbocycles. The first kappa shape index (κ1) is 12.7. The Morgan fingerprint density at radius 3 is 2.76 bits per heavy atom. The monoisotopic (exact) mass is 299 g/mol. The number of nitrogens with two attached hydrogens (primary N) is 1. The summed E-state index contributed by atoms with van der Waals surface area (Å²) in [5.74, 6) is 1.23. The molecular formula is C13H18BrNO2. The van der Waals surface area contributed by atoms with E-state index in [1.165, 1.54) is 19.3 Å². The summed E-state index contributed by atoms with van der Waals surface area (Å²) < 4.78 is 6.05. The summed E-state index contributed by atoms with van der Waals surface area (Å²) in [4.78, 5) is 0. The summed E-state index contributed by atoms with van der Waals surface area (Å²) >= 11 is 3.34. The summed E-state index contributed by atoms with van der Waals surface area (Å²) in [5.41, 5.74) is 7.26. The zero-order valence-electron chi connectivity index (χ0n) is 9.95. The van der Waals surface area contributed by atoms with Gasteiger partial charge in [0.05, 0.1) is 11.1 Å². The summed E-state index contributed by atoms with van der Waals surface area (Å²) in [6.07, 6.45) is 3.67. The van der Waals surface area contributed by atoms with Gasteiger partial charge in [-0.25, -0.2) is 0 Å². The second-order valence-electron chi connectivity index (χ2n) is 4.50. The predicted molar refractivity (Wildman–Crippen MR) is 71.2 cm³/mol. The molecule has 3 nitrogen and oxygen atoms in total. The summed E-state index contributed by atoms with van der Waals surface area (Å²) in [6.45, 7) is 2.42. The van der Waals surface area contributed by atoms with Gasteiger partial charge < -0.3 is 15.6 Å². The number of halogens is 1. The average Bonchev–Trinajstić information content (AvgIpc) is 2.22. The second kappa shape index (κ2) is 5.27. The number of ether oxygens (including phenoxy) is 1. The number of aromatic hydroxyl groups is 1. The molecule has 0 heterocycles. The molecule has 0 saturated heterocycles. The van der Waals surface area contributed by atoms with Gasteiger partial charge in [0.25, 0.3) is 0 Å². The zero-order chi connectivity index (χ0) is 12.4. The largest absolute Gasteiger partial charge is 0.503 e. The first-order valence-corrected chi connectivity index (χ1v) is 6.83. The molecule has 2 rings (SSSR count).